The fourth-order valence-electron chi connectivity index (χ4n) is 1.12. The molecule has 1 N–H and O–H groups in total. The van der Waals surface area contributed by atoms with E-state index < -0.39 is 0 Å². The molecule has 0 aliphatic rings. The molecular weight excluding hydrogens is 202 g/mol. The average Bonchev–Trinajstić information content (AvgIpc) is 2.71. The Morgan fingerprint density at radius 1 is 1.50 bits per heavy atom. The quantitative estimate of drug-likeness (QED) is 0.814. The summed E-state index contributed by atoms with van der Waals surface area (Å²) < 4.78 is 1.61. The first-order chi connectivity index (χ1) is 6.81. The first-order valence-corrected chi connectivity index (χ1v) is 4.44. The number of rotatable bonds is 2. The van der Waals surface area contributed by atoms with E-state index in [0.717, 1.165) is 0 Å². The number of pyridine rings is 1. The second-order valence-electron chi connectivity index (χ2n) is 2.74. The lowest BCUT2D eigenvalue weighted by Gasteiger charge is -2.03. The van der Waals surface area contributed by atoms with E-state index in [1.807, 2.05) is 0 Å². The fraction of sp³-hybridized carbons (Fsp3) is 0.111. The van der Waals surface area contributed by atoms with Gasteiger partial charge >= 0.3 is 0 Å². The van der Waals surface area contributed by atoms with E-state index >= 15 is 0 Å². The van der Waals surface area contributed by atoms with E-state index in [1.165, 1.54) is 6.20 Å². The molecule has 0 bridgehead atoms. The van der Waals surface area contributed by atoms with Crippen molar-refractivity contribution in [3.05, 3.63) is 41.3 Å². The summed E-state index contributed by atoms with van der Waals surface area (Å²) in [5.74, 6) is 0.642. The van der Waals surface area contributed by atoms with Crippen LogP contribution in [-0.2, 0) is 6.61 Å². The number of halogens is 1. The van der Waals surface area contributed by atoms with Crippen LogP contribution in [0.4, 0.5) is 0 Å². The van der Waals surface area contributed by atoms with Gasteiger partial charge in [0, 0.05) is 24.2 Å². The van der Waals surface area contributed by atoms with Crippen molar-refractivity contribution in [1.29, 1.82) is 0 Å². The van der Waals surface area contributed by atoms with Gasteiger partial charge in [-0.05, 0) is 12.1 Å². The molecular formula is C9H8ClN3O. The highest BCUT2D eigenvalue weighted by Gasteiger charge is 2.03. The van der Waals surface area contributed by atoms with Crippen LogP contribution in [0, 0.1) is 0 Å². The molecule has 5 heteroatoms. The molecule has 0 saturated carbocycles. The van der Waals surface area contributed by atoms with Crippen LogP contribution in [0.5, 0.6) is 0 Å². The van der Waals surface area contributed by atoms with Crippen LogP contribution in [0.3, 0.4) is 0 Å². The molecule has 2 heterocycles. The van der Waals surface area contributed by atoms with Crippen molar-refractivity contribution in [2.75, 3.05) is 0 Å². The van der Waals surface area contributed by atoms with E-state index in [2.05, 4.69) is 10.1 Å². The minimum Gasteiger partial charge on any atom is -0.392 e. The summed E-state index contributed by atoms with van der Waals surface area (Å²) in [6, 6.07) is 3.50. The summed E-state index contributed by atoms with van der Waals surface area (Å²) >= 11 is 5.81. The Labute approximate surface area is 85.8 Å². The highest BCUT2D eigenvalue weighted by molar-refractivity contribution is 6.31. The topological polar surface area (TPSA) is 50.9 Å². The molecule has 72 valence electrons. The van der Waals surface area contributed by atoms with Gasteiger partial charge in [0.2, 0.25) is 0 Å². The molecule has 0 unspecified atom stereocenters. The second-order valence-corrected chi connectivity index (χ2v) is 3.15. The zero-order valence-electron chi connectivity index (χ0n) is 7.26. The Morgan fingerprint density at radius 2 is 2.36 bits per heavy atom. The summed E-state index contributed by atoms with van der Waals surface area (Å²) in [6.07, 6.45) is 4.94. The standard InChI is InChI=1S/C9H8ClN3O/c10-8-5-11-9(4-7(8)6-14)13-3-1-2-12-13/h1-5,14H,6H2. The molecule has 0 amide bonds. The number of hydrogen-bond donors (Lipinski definition) is 1. The number of aliphatic hydroxyl groups is 1. The highest BCUT2D eigenvalue weighted by atomic mass is 35.5. The maximum Gasteiger partial charge on any atom is 0.153 e. The number of aliphatic hydroxyl groups excluding tert-OH is 1. The molecule has 0 spiro atoms. The number of nitrogens with zero attached hydrogens (tertiary/aromatic N) is 3. The lowest BCUT2D eigenvalue weighted by Crippen LogP contribution is -1.99. The van der Waals surface area contributed by atoms with Crippen molar-refractivity contribution in [3.8, 4) is 5.82 Å². The third-order valence-corrected chi connectivity index (χ3v) is 2.17. The maximum atomic E-state index is 9.00. The van der Waals surface area contributed by atoms with Crippen molar-refractivity contribution in [3.63, 3.8) is 0 Å². The zero-order chi connectivity index (χ0) is 9.97. The van der Waals surface area contributed by atoms with Gasteiger partial charge in [0.1, 0.15) is 0 Å². The first kappa shape index (κ1) is 9.18. The van der Waals surface area contributed by atoms with Crippen LogP contribution >= 0.6 is 11.6 Å². The molecule has 0 atom stereocenters. The minimum absolute atomic E-state index is 0.102. The van der Waals surface area contributed by atoms with Crippen molar-refractivity contribution < 1.29 is 5.11 Å². The molecule has 4 nitrogen and oxygen atoms in total. The molecule has 0 aliphatic carbocycles. The Kier molecular flexibility index (Phi) is 2.47. The minimum atomic E-state index is -0.102. The van der Waals surface area contributed by atoms with E-state index in [9.17, 15) is 0 Å². The first-order valence-electron chi connectivity index (χ1n) is 4.06. The van der Waals surface area contributed by atoms with E-state index in [-0.39, 0.29) is 6.61 Å². The fourth-order valence-corrected chi connectivity index (χ4v) is 1.28. The Hall–Kier alpha value is -1.39. The van der Waals surface area contributed by atoms with Gasteiger partial charge in [0.15, 0.2) is 5.82 Å². The van der Waals surface area contributed by atoms with Gasteiger partial charge in [-0.3, -0.25) is 0 Å². The molecule has 2 aromatic rings. The molecule has 2 rings (SSSR count). The predicted octanol–water partition coefficient (Wildman–Crippen LogP) is 1.41. The number of hydrogen-bond acceptors (Lipinski definition) is 3. The smallest absolute Gasteiger partial charge is 0.153 e. The molecule has 0 saturated heterocycles. The average molecular weight is 210 g/mol. The van der Waals surface area contributed by atoms with Crippen LogP contribution in [0.1, 0.15) is 5.56 Å². The summed E-state index contributed by atoms with van der Waals surface area (Å²) in [5.41, 5.74) is 0.646. The monoisotopic (exact) mass is 209 g/mol. The lowest BCUT2D eigenvalue weighted by molar-refractivity contribution is 0.281. The largest absolute Gasteiger partial charge is 0.392 e. The van der Waals surface area contributed by atoms with Gasteiger partial charge in [-0.25, -0.2) is 9.67 Å². The van der Waals surface area contributed by atoms with Crippen molar-refractivity contribution in [2.24, 2.45) is 0 Å². The van der Waals surface area contributed by atoms with E-state index in [4.69, 9.17) is 16.7 Å². The van der Waals surface area contributed by atoms with Crippen molar-refractivity contribution in [1.82, 2.24) is 14.8 Å². The molecule has 2 aromatic heterocycles. The predicted molar refractivity (Wildman–Crippen MR) is 52.3 cm³/mol. The maximum absolute atomic E-state index is 9.00. The number of aromatic nitrogens is 3. The summed E-state index contributed by atoms with van der Waals surface area (Å²) in [6.45, 7) is -0.102. The lowest BCUT2D eigenvalue weighted by atomic mass is 10.3. The van der Waals surface area contributed by atoms with E-state index in [0.29, 0.717) is 16.4 Å². The molecule has 0 radical (unpaired) electrons. The van der Waals surface area contributed by atoms with Crippen LogP contribution in [-0.4, -0.2) is 19.9 Å². The van der Waals surface area contributed by atoms with Crippen LogP contribution in [0.15, 0.2) is 30.7 Å². The van der Waals surface area contributed by atoms with Gasteiger partial charge in [-0.15, -0.1) is 0 Å². The van der Waals surface area contributed by atoms with Gasteiger partial charge in [0.25, 0.3) is 0 Å². The summed E-state index contributed by atoms with van der Waals surface area (Å²) in [7, 11) is 0. The molecule has 0 aliphatic heterocycles. The van der Waals surface area contributed by atoms with Crippen LogP contribution in [0.25, 0.3) is 5.82 Å². The highest BCUT2D eigenvalue weighted by Crippen LogP contribution is 2.16. The Morgan fingerprint density at radius 3 is 3.00 bits per heavy atom. The zero-order valence-corrected chi connectivity index (χ0v) is 8.02. The van der Waals surface area contributed by atoms with Crippen LogP contribution < -0.4 is 0 Å². The Balaban J connectivity index is 2.46. The summed E-state index contributed by atoms with van der Waals surface area (Å²) in [4.78, 5) is 4.09. The SMILES string of the molecule is OCc1cc(-n2cccn2)ncc1Cl. The molecule has 14 heavy (non-hydrogen) atoms. The second kappa shape index (κ2) is 3.77. The van der Waals surface area contributed by atoms with Gasteiger partial charge in [-0.2, -0.15) is 5.10 Å². The Bertz CT molecular complexity index is 428. The van der Waals surface area contributed by atoms with Crippen LogP contribution in [0.2, 0.25) is 5.02 Å². The summed E-state index contributed by atoms with van der Waals surface area (Å²) in [5, 5.41) is 13.5. The van der Waals surface area contributed by atoms with Gasteiger partial charge < -0.3 is 5.11 Å². The normalized spacial score (nSPS) is 10.4. The third kappa shape index (κ3) is 1.62. The van der Waals surface area contributed by atoms with Gasteiger partial charge in [-0.1, -0.05) is 11.6 Å². The van der Waals surface area contributed by atoms with E-state index in [1.54, 1.807) is 29.2 Å². The molecule has 0 aromatic carbocycles. The van der Waals surface area contributed by atoms with Gasteiger partial charge in [0.05, 0.1) is 11.6 Å². The third-order valence-electron chi connectivity index (χ3n) is 1.83. The van der Waals surface area contributed by atoms with Crippen molar-refractivity contribution in [2.45, 2.75) is 6.61 Å². The van der Waals surface area contributed by atoms with Crippen molar-refractivity contribution >= 4 is 11.6 Å². The molecule has 0 fully saturated rings.